The molecule has 2 aliphatic heterocycles. The number of sulfone groups is 1. The molecule has 170 valence electrons. The molecular weight excluding hydrogens is 416 g/mol. The van der Waals surface area contributed by atoms with Crippen molar-refractivity contribution in [2.24, 2.45) is 0 Å². The molecule has 1 aromatic rings. The normalized spacial score (nSPS) is 24.8. The number of carbonyl (C=O) groups is 2. The third-order valence-electron chi connectivity index (χ3n) is 6.64. The summed E-state index contributed by atoms with van der Waals surface area (Å²) in [4.78, 5) is 29.6. The molecule has 0 unspecified atom stereocenters. The standard InChI is InChI=1S/C22H32N4O4S/c27-21(15-25-10-12-26(13-11-25)18-9-14-31(29,30)16-18)24-20-8-4-3-7-19(20)22(28)23-17-5-1-2-6-17/h3-4,7-8,17-18H,1-2,5-6,9-16H2,(H,23,28)(H,24,27)/t18-/m0/s1. The van der Waals surface area contributed by atoms with Gasteiger partial charge in [-0.25, -0.2) is 8.42 Å². The number of amides is 2. The zero-order chi connectivity index (χ0) is 21.8. The van der Waals surface area contributed by atoms with Crippen molar-refractivity contribution in [1.82, 2.24) is 15.1 Å². The van der Waals surface area contributed by atoms with E-state index < -0.39 is 9.84 Å². The first-order valence-corrected chi connectivity index (χ1v) is 13.1. The van der Waals surface area contributed by atoms with Crippen LogP contribution in [0.25, 0.3) is 0 Å². The molecule has 0 bridgehead atoms. The van der Waals surface area contributed by atoms with E-state index in [-0.39, 0.29) is 41.9 Å². The minimum Gasteiger partial charge on any atom is -0.349 e. The largest absolute Gasteiger partial charge is 0.349 e. The molecule has 2 N–H and O–H groups in total. The van der Waals surface area contributed by atoms with Crippen LogP contribution in [0, 0.1) is 0 Å². The molecule has 3 aliphatic rings. The zero-order valence-corrected chi connectivity index (χ0v) is 18.7. The number of rotatable bonds is 6. The van der Waals surface area contributed by atoms with Gasteiger partial charge in [0.1, 0.15) is 0 Å². The number of piperazine rings is 1. The van der Waals surface area contributed by atoms with E-state index in [1.54, 1.807) is 12.1 Å². The van der Waals surface area contributed by atoms with Crippen molar-refractivity contribution >= 4 is 27.3 Å². The van der Waals surface area contributed by atoms with Crippen molar-refractivity contribution in [1.29, 1.82) is 0 Å². The number of nitrogens with zero attached hydrogens (tertiary/aromatic N) is 2. The molecule has 0 radical (unpaired) electrons. The molecule has 1 aliphatic carbocycles. The van der Waals surface area contributed by atoms with Crippen LogP contribution < -0.4 is 10.6 Å². The molecule has 9 heteroatoms. The lowest BCUT2D eigenvalue weighted by atomic mass is 10.1. The van der Waals surface area contributed by atoms with Crippen LogP contribution in [-0.2, 0) is 14.6 Å². The molecule has 3 fully saturated rings. The van der Waals surface area contributed by atoms with Crippen LogP contribution in [0.3, 0.4) is 0 Å². The molecule has 0 spiro atoms. The summed E-state index contributed by atoms with van der Waals surface area (Å²) >= 11 is 0. The highest BCUT2D eigenvalue weighted by Gasteiger charge is 2.33. The molecule has 8 nitrogen and oxygen atoms in total. The third kappa shape index (κ3) is 5.84. The lowest BCUT2D eigenvalue weighted by Crippen LogP contribution is -2.52. The Bertz CT molecular complexity index is 906. The topological polar surface area (TPSA) is 98.8 Å². The maximum absolute atomic E-state index is 12.7. The Labute approximate surface area is 184 Å². The van der Waals surface area contributed by atoms with E-state index >= 15 is 0 Å². The van der Waals surface area contributed by atoms with Gasteiger partial charge in [0.05, 0.1) is 29.3 Å². The second-order valence-electron chi connectivity index (χ2n) is 8.92. The smallest absolute Gasteiger partial charge is 0.253 e. The highest BCUT2D eigenvalue weighted by Crippen LogP contribution is 2.21. The quantitative estimate of drug-likeness (QED) is 0.676. The molecule has 2 amide bonds. The first-order chi connectivity index (χ1) is 14.9. The van der Waals surface area contributed by atoms with Crippen LogP contribution in [0.15, 0.2) is 24.3 Å². The number of anilines is 1. The summed E-state index contributed by atoms with van der Waals surface area (Å²) in [5.74, 6) is 0.266. The molecule has 31 heavy (non-hydrogen) atoms. The highest BCUT2D eigenvalue weighted by molar-refractivity contribution is 7.91. The fourth-order valence-electron chi connectivity index (χ4n) is 4.87. The molecule has 1 aromatic carbocycles. The van der Waals surface area contributed by atoms with Crippen molar-refractivity contribution in [2.75, 3.05) is 49.5 Å². The summed E-state index contributed by atoms with van der Waals surface area (Å²) in [7, 11) is -2.88. The molecule has 1 atom stereocenters. The van der Waals surface area contributed by atoms with Gasteiger partial charge in [-0.05, 0) is 31.4 Å². The van der Waals surface area contributed by atoms with Gasteiger partial charge in [-0.3, -0.25) is 19.4 Å². The number of para-hydroxylation sites is 1. The summed E-state index contributed by atoms with van der Waals surface area (Å²) in [6.45, 7) is 3.26. The average molecular weight is 449 g/mol. The Kier molecular flexibility index (Phi) is 6.93. The van der Waals surface area contributed by atoms with E-state index in [4.69, 9.17) is 0 Å². The van der Waals surface area contributed by atoms with Crippen molar-refractivity contribution in [3.05, 3.63) is 29.8 Å². The summed E-state index contributed by atoms with van der Waals surface area (Å²) in [6.07, 6.45) is 5.03. The summed E-state index contributed by atoms with van der Waals surface area (Å²) in [5, 5.41) is 5.98. The molecule has 1 saturated carbocycles. The number of carbonyl (C=O) groups excluding carboxylic acids is 2. The Morgan fingerprint density at radius 2 is 1.71 bits per heavy atom. The van der Waals surface area contributed by atoms with E-state index in [2.05, 4.69) is 20.4 Å². The van der Waals surface area contributed by atoms with Gasteiger partial charge in [-0.15, -0.1) is 0 Å². The number of hydrogen-bond acceptors (Lipinski definition) is 6. The van der Waals surface area contributed by atoms with E-state index in [1.165, 1.54) is 0 Å². The van der Waals surface area contributed by atoms with Gasteiger partial charge in [-0.1, -0.05) is 25.0 Å². The fourth-order valence-corrected chi connectivity index (χ4v) is 6.63. The molecular formula is C22H32N4O4S. The van der Waals surface area contributed by atoms with Gasteiger partial charge in [-0.2, -0.15) is 0 Å². The SMILES string of the molecule is O=C(CN1CCN([C@H]2CCS(=O)(=O)C2)CC1)Nc1ccccc1C(=O)NC1CCCC1. The second kappa shape index (κ2) is 9.67. The van der Waals surface area contributed by atoms with Crippen LogP contribution in [-0.4, -0.2) is 86.3 Å². The van der Waals surface area contributed by atoms with Gasteiger partial charge in [0.15, 0.2) is 9.84 Å². The van der Waals surface area contributed by atoms with Gasteiger partial charge in [0, 0.05) is 38.3 Å². The first kappa shape index (κ1) is 22.2. The van der Waals surface area contributed by atoms with Crippen LogP contribution in [0.2, 0.25) is 0 Å². The molecule has 0 aromatic heterocycles. The average Bonchev–Trinajstić information content (AvgIpc) is 3.38. The van der Waals surface area contributed by atoms with Crippen LogP contribution in [0.5, 0.6) is 0 Å². The summed E-state index contributed by atoms with van der Waals surface area (Å²) < 4.78 is 23.4. The van der Waals surface area contributed by atoms with E-state index in [0.717, 1.165) is 51.9 Å². The lowest BCUT2D eigenvalue weighted by Gasteiger charge is -2.37. The minimum atomic E-state index is -2.88. The Balaban J connectivity index is 1.27. The van der Waals surface area contributed by atoms with Gasteiger partial charge < -0.3 is 10.6 Å². The molecule has 2 heterocycles. The number of benzene rings is 1. The minimum absolute atomic E-state index is 0.117. The Hall–Kier alpha value is -1.97. The predicted octanol–water partition coefficient (Wildman–Crippen LogP) is 1.10. The fraction of sp³-hybridized carbons (Fsp3) is 0.636. The van der Waals surface area contributed by atoms with Crippen molar-refractivity contribution < 1.29 is 18.0 Å². The van der Waals surface area contributed by atoms with Crippen molar-refractivity contribution in [3.63, 3.8) is 0 Å². The lowest BCUT2D eigenvalue weighted by molar-refractivity contribution is -0.117. The third-order valence-corrected chi connectivity index (χ3v) is 8.39. The maximum atomic E-state index is 12.7. The summed E-state index contributed by atoms with van der Waals surface area (Å²) in [5.41, 5.74) is 1.04. The van der Waals surface area contributed by atoms with Gasteiger partial charge in [0.25, 0.3) is 5.91 Å². The van der Waals surface area contributed by atoms with Crippen LogP contribution >= 0.6 is 0 Å². The predicted molar refractivity (Wildman–Crippen MR) is 120 cm³/mol. The monoisotopic (exact) mass is 448 g/mol. The maximum Gasteiger partial charge on any atom is 0.253 e. The van der Waals surface area contributed by atoms with Crippen LogP contribution in [0.4, 0.5) is 5.69 Å². The van der Waals surface area contributed by atoms with E-state index in [9.17, 15) is 18.0 Å². The first-order valence-electron chi connectivity index (χ1n) is 11.3. The second-order valence-corrected chi connectivity index (χ2v) is 11.1. The van der Waals surface area contributed by atoms with Crippen molar-refractivity contribution in [2.45, 2.75) is 44.2 Å². The van der Waals surface area contributed by atoms with E-state index in [0.29, 0.717) is 17.7 Å². The van der Waals surface area contributed by atoms with Gasteiger partial charge >= 0.3 is 0 Å². The highest BCUT2D eigenvalue weighted by atomic mass is 32.2. The molecule has 4 rings (SSSR count). The number of nitrogens with one attached hydrogen (secondary N) is 2. The molecule has 2 saturated heterocycles. The van der Waals surface area contributed by atoms with Crippen LogP contribution in [0.1, 0.15) is 42.5 Å². The number of hydrogen-bond donors (Lipinski definition) is 2. The Morgan fingerprint density at radius 1 is 1.00 bits per heavy atom. The van der Waals surface area contributed by atoms with E-state index in [1.807, 2.05) is 12.1 Å². The Morgan fingerprint density at radius 3 is 2.39 bits per heavy atom. The zero-order valence-electron chi connectivity index (χ0n) is 17.9. The summed E-state index contributed by atoms with van der Waals surface area (Å²) in [6, 6.07) is 7.47. The van der Waals surface area contributed by atoms with Gasteiger partial charge in [0.2, 0.25) is 5.91 Å². The van der Waals surface area contributed by atoms with Crippen molar-refractivity contribution in [3.8, 4) is 0 Å².